The van der Waals surface area contributed by atoms with Gasteiger partial charge >= 0.3 is 0 Å². The summed E-state index contributed by atoms with van der Waals surface area (Å²) in [6.07, 6.45) is 1.24. The molecule has 0 aliphatic carbocycles. The lowest BCUT2D eigenvalue weighted by atomic mass is 10.0. The lowest BCUT2D eigenvalue weighted by Crippen LogP contribution is -2.49. The van der Waals surface area contributed by atoms with E-state index in [9.17, 15) is 19.2 Å². The van der Waals surface area contributed by atoms with E-state index in [1.54, 1.807) is 41.3 Å². The fraction of sp³-hybridized carbons (Fsp3) is 0.333. The Kier molecular flexibility index (Phi) is 5.94. The van der Waals surface area contributed by atoms with Gasteiger partial charge in [-0.2, -0.15) is 0 Å². The van der Waals surface area contributed by atoms with Crippen molar-refractivity contribution in [2.75, 3.05) is 38.6 Å². The monoisotopic (exact) mass is 434 g/mol. The first kappa shape index (κ1) is 21.5. The molecule has 1 saturated heterocycles. The minimum atomic E-state index is -0.429. The van der Waals surface area contributed by atoms with Gasteiger partial charge in [-0.3, -0.25) is 24.1 Å². The minimum Gasteiger partial charge on any atom is -0.378 e. The molecule has 0 aromatic heterocycles. The number of fused-ring (bicyclic) bond motifs is 1. The molecule has 1 fully saturated rings. The number of nitrogens with zero attached hydrogens (tertiary/aromatic N) is 3. The van der Waals surface area contributed by atoms with Crippen molar-refractivity contribution in [1.29, 1.82) is 0 Å². The van der Waals surface area contributed by atoms with Crippen LogP contribution >= 0.6 is 0 Å². The molecule has 0 bridgehead atoms. The van der Waals surface area contributed by atoms with E-state index in [4.69, 9.17) is 0 Å². The number of carbonyl (C=O) groups excluding carboxylic acids is 4. The van der Waals surface area contributed by atoms with Gasteiger partial charge in [-0.05, 0) is 49.2 Å². The van der Waals surface area contributed by atoms with Crippen LogP contribution in [0.4, 0.5) is 5.69 Å². The molecule has 0 atom stereocenters. The zero-order chi connectivity index (χ0) is 22.8. The van der Waals surface area contributed by atoms with Crippen LogP contribution in [0.5, 0.6) is 0 Å². The number of hydrogen-bond acceptors (Lipinski definition) is 5. The summed E-state index contributed by atoms with van der Waals surface area (Å²) in [5.74, 6) is -1.25. The highest BCUT2D eigenvalue weighted by Crippen LogP contribution is 2.23. The van der Waals surface area contributed by atoms with E-state index in [0.717, 1.165) is 10.6 Å². The Balaban J connectivity index is 1.28. The summed E-state index contributed by atoms with van der Waals surface area (Å²) in [4.78, 5) is 54.8. The molecule has 2 aliphatic rings. The number of imide groups is 1. The molecule has 0 spiro atoms. The van der Waals surface area contributed by atoms with E-state index in [0.29, 0.717) is 42.6 Å². The van der Waals surface area contributed by atoms with Gasteiger partial charge in [-0.15, -0.1) is 0 Å². The van der Waals surface area contributed by atoms with Crippen LogP contribution in [-0.2, 0) is 4.79 Å². The number of piperidine rings is 1. The molecule has 1 N–H and O–H groups in total. The van der Waals surface area contributed by atoms with E-state index >= 15 is 0 Å². The average molecular weight is 434 g/mol. The van der Waals surface area contributed by atoms with Gasteiger partial charge in [-0.1, -0.05) is 12.1 Å². The van der Waals surface area contributed by atoms with Crippen molar-refractivity contribution < 1.29 is 19.2 Å². The Labute approximate surface area is 186 Å². The quantitative estimate of drug-likeness (QED) is 0.725. The standard InChI is InChI=1S/C24H26N4O4/c1-26(2)18-9-7-16(8-10-18)22(30)25-17-11-13-27(14-12-17)21(29)15-28-23(31)19-5-3-4-6-20(19)24(28)32/h3-10,17H,11-15H2,1-2H3,(H,25,30). The molecular weight excluding hydrogens is 408 g/mol. The Hall–Kier alpha value is -3.68. The van der Waals surface area contributed by atoms with Crippen LogP contribution in [0.1, 0.15) is 43.9 Å². The summed E-state index contributed by atoms with van der Waals surface area (Å²) in [7, 11) is 3.89. The highest BCUT2D eigenvalue weighted by molar-refractivity contribution is 6.22. The predicted octanol–water partition coefficient (Wildman–Crippen LogP) is 1.77. The van der Waals surface area contributed by atoms with E-state index in [1.807, 2.05) is 31.1 Å². The average Bonchev–Trinajstić information content (AvgIpc) is 3.04. The van der Waals surface area contributed by atoms with Crippen molar-refractivity contribution in [2.24, 2.45) is 0 Å². The Bertz CT molecular complexity index is 1020. The molecule has 2 aromatic rings. The molecule has 8 heteroatoms. The fourth-order valence-electron chi connectivity index (χ4n) is 4.07. The maximum atomic E-state index is 12.7. The zero-order valence-electron chi connectivity index (χ0n) is 18.2. The molecule has 8 nitrogen and oxygen atoms in total. The zero-order valence-corrected chi connectivity index (χ0v) is 18.2. The molecule has 4 amide bonds. The first-order chi connectivity index (χ1) is 15.3. The summed E-state index contributed by atoms with van der Waals surface area (Å²) < 4.78 is 0. The van der Waals surface area contributed by atoms with Gasteiger partial charge in [0.2, 0.25) is 5.91 Å². The number of anilines is 1. The lowest BCUT2D eigenvalue weighted by Gasteiger charge is -2.33. The highest BCUT2D eigenvalue weighted by Gasteiger charge is 2.37. The van der Waals surface area contributed by atoms with Crippen molar-refractivity contribution in [3.05, 3.63) is 65.2 Å². The second-order valence-electron chi connectivity index (χ2n) is 8.31. The molecule has 2 heterocycles. The van der Waals surface area contributed by atoms with Gasteiger partial charge in [0, 0.05) is 44.5 Å². The van der Waals surface area contributed by atoms with Crippen molar-refractivity contribution in [2.45, 2.75) is 18.9 Å². The van der Waals surface area contributed by atoms with Crippen molar-refractivity contribution in [3.8, 4) is 0 Å². The number of benzene rings is 2. The molecule has 32 heavy (non-hydrogen) atoms. The molecule has 0 unspecified atom stereocenters. The van der Waals surface area contributed by atoms with E-state index in [1.165, 1.54) is 0 Å². The van der Waals surface area contributed by atoms with Gasteiger partial charge in [0.25, 0.3) is 17.7 Å². The van der Waals surface area contributed by atoms with Crippen LogP contribution in [0.3, 0.4) is 0 Å². The smallest absolute Gasteiger partial charge is 0.262 e. The summed E-state index contributed by atoms with van der Waals surface area (Å²) in [5.41, 5.74) is 2.29. The Morgan fingerprint density at radius 3 is 2.03 bits per heavy atom. The van der Waals surface area contributed by atoms with Gasteiger partial charge in [0.05, 0.1) is 11.1 Å². The highest BCUT2D eigenvalue weighted by atomic mass is 16.2. The van der Waals surface area contributed by atoms with Crippen LogP contribution in [0.2, 0.25) is 0 Å². The maximum absolute atomic E-state index is 12.7. The molecule has 2 aliphatic heterocycles. The van der Waals surface area contributed by atoms with E-state index in [-0.39, 0.29) is 24.4 Å². The molecule has 166 valence electrons. The second-order valence-corrected chi connectivity index (χ2v) is 8.31. The first-order valence-electron chi connectivity index (χ1n) is 10.7. The maximum Gasteiger partial charge on any atom is 0.262 e. The summed E-state index contributed by atoms with van der Waals surface area (Å²) in [6, 6.07) is 14.0. The number of amides is 4. The van der Waals surface area contributed by atoms with Crippen LogP contribution in [0.15, 0.2) is 48.5 Å². The van der Waals surface area contributed by atoms with Crippen LogP contribution in [0, 0.1) is 0 Å². The molecular formula is C24H26N4O4. The fourth-order valence-corrected chi connectivity index (χ4v) is 4.07. The van der Waals surface area contributed by atoms with Crippen LogP contribution in [-0.4, -0.2) is 73.2 Å². The van der Waals surface area contributed by atoms with Crippen LogP contribution in [0.25, 0.3) is 0 Å². The van der Waals surface area contributed by atoms with Crippen molar-refractivity contribution in [1.82, 2.24) is 15.1 Å². The Morgan fingerprint density at radius 1 is 0.938 bits per heavy atom. The number of likely N-dealkylation sites (tertiary alicyclic amines) is 1. The lowest BCUT2D eigenvalue weighted by molar-refractivity contribution is -0.132. The van der Waals surface area contributed by atoms with Gasteiger partial charge < -0.3 is 15.1 Å². The normalized spacial score (nSPS) is 16.2. The summed E-state index contributed by atoms with van der Waals surface area (Å²) in [5, 5.41) is 3.03. The first-order valence-corrected chi connectivity index (χ1v) is 10.7. The summed E-state index contributed by atoms with van der Waals surface area (Å²) >= 11 is 0. The molecule has 2 aromatic carbocycles. The van der Waals surface area contributed by atoms with Gasteiger partial charge in [0.15, 0.2) is 0 Å². The number of rotatable bonds is 5. The third-order valence-corrected chi connectivity index (χ3v) is 6.00. The van der Waals surface area contributed by atoms with Gasteiger partial charge in [0.1, 0.15) is 6.54 Å². The number of hydrogen-bond donors (Lipinski definition) is 1. The third kappa shape index (κ3) is 4.21. The van der Waals surface area contributed by atoms with E-state index < -0.39 is 11.8 Å². The predicted molar refractivity (Wildman–Crippen MR) is 120 cm³/mol. The SMILES string of the molecule is CN(C)c1ccc(C(=O)NC2CCN(C(=O)CN3C(=O)c4ccccc4C3=O)CC2)cc1. The minimum absolute atomic E-state index is 0.0284. The van der Waals surface area contributed by atoms with Crippen molar-refractivity contribution >= 4 is 29.3 Å². The Morgan fingerprint density at radius 2 is 1.50 bits per heavy atom. The molecule has 0 saturated carbocycles. The topological polar surface area (TPSA) is 90.0 Å². The number of nitrogens with one attached hydrogen (secondary N) is 1. The number of carbonyl (C=O) groups is 4. The van der Waals surface area contributed by atoms with E-state index in [2.05, 4.69) is 5.32 Å². The third-order valence-electron chi connectivity index (χ3n) is 6.00. The van der Waals surface area contributed by atoms with Gasteiger partial charge in [-0.25, -0.2) is 0 Å². The molecule has 0 radical (unpaired) electrons. The van der Waals surface area contributed by atoms with Crippen molar-refractivity contribution in [3.63, 3.8) is 0 Å². The molecule has 4 rings (SSSR count). The van der Waals surface area contributed by atoms with Crippen LogP contribution < -0.4 is 10.2 Å². The second kappa shape index (κ2) is 8.82. The summed E-state index contributed by atoms with van der Waals surface area (Å²) in [6.45, 7) is 0.667. The largest absolute Gasteiger partial charge is 0.378 e.